The fourth-order valence-electron chi connectivity index (χ4n) is 2.59. The first-order chi connectivity index (χ1) is 13.8. The normalized spacial score (nSPS) is 15.4. The molecule has 0 aliphatic carbocycles. The number of non-ortho nitro benzene ring substituents is 1. The van der Waals surface area contributed by atoms with Crippen LogP contribution in [0.4, 0.5) is 5.69 Å². The number of nitro groups is 1. The van der Waals surface area contributed by atoms with Gasteiger partial charge in [0.05, 0.1) is 4.92 Å². The zero-order valence-corrected chi connectivity index (χ0v) is 17.5. The third kappa shape index (κ3) is 4.66. The van der Waals surface area contributed by atoms with E-state index in [4.69, 9.17) is 17.0 Å². The Morgan fingerprint density at radius 1 is 1.28 bits per heavy atom. The summed E-state index contributed by atoms with van der Waals surface area (Å²) in [7, 11) is 1.47. The van der Waals surface area contributed by atoms with Crippen molar-refractivity contribution in [2.24, 2.45) is 0 Å². The van der Waals surface area contributed by atoms with Gasteiger partial charge in [-0.2, -0.15) is 0 Å². The molecule has 1 N–H and O–H groups in total. The molecule has 1 heterocycles. The van der Waals surface area contributed by atoms with Gasteiger partial charge in [0.25, 0.3) is 17.5 Å². The van der Waals surface area contributed by atoms with Crippen molar-refractivity contribution in [2.75, 3.05) is 7.05 Å². The Kier molecular flexibility index (Phi) is 6.04. The van der Waals surface area contributed by atoms with Gasteiger partial charge in [-0.25, -0.2) is 0 Å². The van der Waals surface area contributed by atoms with E-state index in [-0.39, 0.29) is 23.0 Å². The van der Waals surface area contributed by atoms with Gasteiger partial charge in [0, 0.05) is 29.2 Å². The summed E-state index contributed by atoms with van der Waals surface area (Å²) in [5.74, 6) is -0.713. The highest BCUT2D eigenvalue weighted by atomic mass is 79.9. The van der Waals surface area contributed by atoms with E-state index in [9.17, 15) is 19.7 Å². The van der Waals surface area contributed by atoms with Crippen molar-refractivity contribution in [3.05, 3.63) is 73.8 Å². The zero-order chi connectivity index (χ0) is 21.1. The Bertz CT molecular complexity index is 1070. The van der Waals surface area contributed by atoms with Gasteiger partial charge in [0.15, 0.2) is 5.11 Å². The van der Waals surface area contributed by atoms with Crippen molar-refractivity contribution >= 4 is 56.8 Å². The summed E-state index contributed by atoms with van der Waals surface area (Å²) >= 11 is 8.29. The van der Waals surface area contributed by atoms with Gasteiger partial charge < -0.3 is 4.74 Å². The second kappa shape index (κ2) is 8.50. The Morgan fingerprint density at radius 2 is 2.03 bits per heavy atom. The van der Waals surface area contributed by atoms with Crippen LogP contribution in [0.1, 0.15) is 11.1 Å². The van der Waals surface area contributed by atoms with Crippen LogP contribution in [-0.2, 0) is 16.2 Å². The van der Waals surface area contributed by atoms with Crippen molar-refractivity contribution in [3.8, 4) is 5.75 Å². The maximum atomic E-state index is 12.4. The summed E-state index contributed by atoms with van der Waals surface area (Å²) in [6.07, 6.45) is 1.42. The maximum absolute atomic E-state index is 12.4. The van der Waals surface area contributed by atoms with E-state index in [1.807, 2.05) is 0 Å². The van der Waals surface area contributed by atoms with E-state index < -0.39 is 16.7 Å². The number of halogens is 1. The third-order valence-corrected chi connectivity index (χ3v) is 4.96. The molecule has 148 valence electrons. The van der Waals surface area contributed by atoms with Crippen LogP contribution in [0.3, 0.4) is 0 Å². The van der Waals surface area contributed by atoms with E-state index in [2.05, 4.69) is 21.2 Å². The molecule has 2 amide bonds. The minimum atomic E-state index is -0.595. The van der Waals surface area contributed by atoms with E-state index in [0.717, 1.165) is 4.47 Å². The van der Waals surface area contributed by atoms with Crippen LogP contribution in [0.5, 0.6) is 5.75 Å². The number of nitro benzene ring substituents is 1. The molecule has 29 heavy (non-hydrogen) atoms. The number of likely N-dealkylation sites (N-methyl/N-ethyl adjacent to an activating group) is 1. The molecule has 0 atom stereocenters. The minimum Gasteiger partial charge on any atom is -0.488 e. The third-order valence-electron chi connectivity index (χ3n) is 4.09. The van der Waals surface area contributed by atoms with Crippen LogP contribution < -0.4 is 10.1 Å². The average molecular weight is 476 g/mol. The molecule has 0 radical (unpaired) electrons. The average Bonchev–Trinajstić information content (AvgIpc) is 2.69. The van der Waals surface area contributed by atoms with Gasteiger partial charge in [-0.15, -0.1) is 0 Å². The van der Waals surface area contributed by atoms with Gasteiger partial charge in [0.1, 0.15) is 17.9 Å². The lowest BCUT2D eigenvalue weighted by molar-refractivity contribution is -0.384. The first-order valence-electron chi connectivity index (χ1n) is 8.27. The summed E-state index contributed by atoms with van der Waals surface area (Å²) in [4.78, 5) is 36.2. The Balaban J connectivity index is 1.90. The number of ether oxygens (including phenoxy) is 1. The monoisotopic (exact) mass is 475 g/mol. The molecule has 0 bridgehead atoms. The molecule has 10 heteroatoms. The predicted octanol–water partition coefficient (Wildman–Crippen LogP) is 3.19. The first kappa shape index (κ1) is 20.6. The van der Waals surface area contributed by atoms with Gasteiger partial charge in [-0.1, -0.05) is 28.1 Å². The predicted molar refractivity (Wildman–Crippen MR) is 113 cm³/mol. The minimum absolute atomic E-state index is 0.0345. The lowest BCUT2D eigenvalue weighted by Crippen LogP contribution is -2.52. The van der Waals surface area contributed by atoms with Crippen LogP contribution in [-0.4, -0.2) is 33.8 Å². The summed E-state index contributed by atoms with van der Waals surface area (Å²) < 4.78 is 6.52. The number of hydrogen-bond acceptors (Lipinski definition) is 6. The quantitative estimate of drug-likeness (QED) is 0.234. The van der Waals surface area contributed by atoms with Crippen molar-refractivity contribution in [1.29, 1.82) is 0 Å². The highest BCUT2D eigenvalue weighted by Crippen LogP contribution is 2.27. The number of rotatable bonds is 5. The molecule has 2 aromatic carbocycles. The lowest BCUT2D eigenvalue weighted by Gasteiger charge is -2.25. The highest BCUT2D eigenvalue weighted by Gasteiger charge is 2.31. The molecule has 0 saturated carbocycles. The van der Waals surface area contributed by atoms with E-state index >= 15 is 0 Å². The standard InChI is InChI=1S/C19H14BrN3O5S/c1-22-18(25)15(17(24)21-19(22)29)9-12-8-13(20)5-6-16(12)28-10-11-3-2-4-14(7-11)23(26)27/h2-9H,10H2,1H3,(H,21,24,29)/b15-9+. The van der Waals surface area contributed by atoms with Crippen molar-refractivity contribution in [3.63, 3.8) is 0 Å². The second-order valence-electron chi connectivity index (χ2n) is 6.08. The molecule has 1 aliphatic heterocycles. The molecule has 0 aromatic heterocycles. The SMILES string of the molecule is CN1C(=O)/C(=C/c2cc(Br)ccc2OCc2cccc([N+](=O)[O-])c2)C(=O)NC1=S. The Labute approximate surface area is 179 Å². The molecule has 0 unspecified atom stereocenters. The number of benzene rings is 2. The molecule has 0 spiro atoms. The van der Waals surface area contributed by atoms with Gasteiger partial charge >= 0.3 is 0 Å². The van der Waals surface area contributed by atoms with Crippen LogP contribution in [0, 0.1) is 10.1 Å². The van der Waals surface area contributed by atoms with Gasteiger partial charge in [-0.05, 0) is 42.1 Å². The number of amides is 2. The van der Waals surface area contributed by atoms with Crippen LogP contribution in [0.15, 0.2) is 52.5 Å². The van der Waals surface area contributed by atoms with Crippen LogP contribution >= 0.6 is 28.1 Å². The molecule has 3 rings (SSSR count). The number of nitrogens with zero attached hydrogens (tertiary/aromatic N) is 2. The smallest absolute Gasteiger partial charge is 0.269 e. The van der Waals surface area contributed by atoms with Crippen LogP contribution in [0.2, 0.25) is 0 Å². The largest absolute Gasteiger partial charge is 0.488 e. The Morgan fingerprint density at radius 3 is 2.76 bits per heavy atom. The lowest BCUT2D eigenvalue weighted by atomic mass is 10.1. The molecule has 1 saturated heterocycles. The number of hydrogen-bond donors (Lipinski definition) is 1. The number of thiocarbonyl (C=S) groups is 1. The summed E-state index contributed by atoms with van der Waals surface area (Å²) in [5, 5.41) is 13.4. The molecule has 1 fully saturated rings. The zero-order valence-electron chi connectivity index (χ0n) is 15.0. The summed E-state index contributed by atoms with van der Waals surface area (Å²) in [5.41, 5.74) is 0.981. The van der Waals surface area contributed by atoms with Gasteiger partial charge in [-0.3, -0.25) is 29.9 Å². The topological polar surface area (TPSA) is 102 Å². The highest BCUT2D eigenvalue weighted by molar-refractivity contribution is 9.10. The summed E-state index contributed by atoms with van der Waals surface area (Å²) in [6, 6.07) is 11.2. The first-order valence-corrected chi connectivity index (χ1v) is 9.47. The molecular formula is C19H14BrN3O5S. The van der Waals surface area contributed by atoms with Crippen molar-refractivity contribution in [2.45, 2.75) is 6.61 Å². The number of nitrogens with one attached hydrogen (secondary N) is 1. The molecule has 2 aromatic rings. The fourth-order valence-corrected chi connectivity index (χ4v) is 3.14. The van der Waals surface area contributed by atoms with E-state index in [1.165, 1.54) is 30.2 Å². The second-order valence-corrected chi connectivity index (χ2v) is 7.38. The van der Waals surface area contributed by atoms with Crippen LogP contribution in [0.25, 0.3) is 6.08 Å². The molecular weight excluding hydrogens is 462 g/mol. The van der Waals surface area contributed by atoms with E-state index in [1.54, 1.807) is 30.3 Å². The van der Waals surface area contributed by atoms with Crippen molar-refractivity contribution < 1.29 is 19.2 Å². The number of carbonyl (C=O) groups excluding carboxylic acids is 2. The maximum Gasteiger partial charge on any atom is 0.269 e. The molecule has 1 aliphatic rings. The van der Waals surface area contributed by atoms with Crippen molar-refractivity contribution in [1.82, 2.24) is 10.2 Å². The fraction of sp³-hybridized carbons (Fsp3) is 0.105. The Hall–Kier alpha value is -3.11. The van der Waals surface area contributed by atoms with Gasteiger partial charge in [0.2, 0.25) is 0 Å². The van der Waals surface area contributed by atoms with E-state index in [0.29, 0.717) is 16.9 Å². The molecule has 8 nitrogen and oxygen atoms in total. The summed E-state index contributed by atoms with van der Waals surface area (Å²) in [6.45, 7) is 0.0730. The number of carbonyl (C=O) groups is 2.